The van der Waals surface area contributed by atoms with E-state index in [4.69, 9.17) is 5.73 Å². The van der Waals surface area contributed by atoms with Gasteiger partial charge in [0, 0.05) is 0 Å². The van der Waals surface area contributed by atoms with Gasteiger partial charge >= 0.3 is 0 Å². The minimum absolute atomic E-state index is 0.143. The Balaban J connectivity index is 2.53. The molecule has 3 heteroatoms. The molecule has 8 heavy (non-hydrogen) atoms. The Hall–Kier alpha value is -0.120. The van der Waals surface area contributed by atoms with E-state index in [0.29, 0.717) is 6.61 Å². The molecule has 0 aromatic rings. The lowest BCUT2D eigenvalue weighted by molar-refractivity contribution is -0.293. The van der Waals surface area contributed by atoms with Gasteiger partial charge in [-0.25, -0.2) is 9.78 Å². The Labute approximate surface area is 49.7 Å². The third kappa shape index (κ3) is 5.88. The minimum Gasteiger partial charge on any atom is -0.306 e. The molecule has 0 atom stereocenters. The lowest BCUT2D eigenvalue weighted by atomic mass is 10.4. The zero-order valence-corrected chi connectivity index (χ0v) is 5.22. The van der Waals surface area contributed by atoms with E-state index < -0.39 is 0 Å². The van der Waals surface area contributed by atoms with E-state index in [9.17, 15) is 0 Å². The molecule has 0 saturated carbocycles. The molecule has 0 rings (SSSR count). The van der Waals surface area contributed by atoms with Gasteiger partial charge in [-0.1, -0.05) is 13.3 Å². The molecule has 0 radical (unpaired) electrons. The van der Waals surface area contributed by atoms with Gasteiger partial charge in [-0.2, -0.15) is 0 Å². The Bertz CT molecular complexity index is 35.4. The van der Waals surface area contributed by atoms with Crippen molar-refractivity contribution in [1.82, 2.24) is 0 Å². The smallest absolute Gasteiger partial charge is 0.130 e. The summed E-state index contributed by atoms with van der Waals surface area (Å²) in [5, 5.41) is 0. The first-order valence-electron chi connectivity index (χ1n) is 2.86. The van der Waals surface area contributed by atoms with Crippen LogP contribution in [0.2, 0.25) is 0 Å². The number of hydrogen-bond acceptors (Lipinski definition) is 3. The zero-order chi connectivity index (χ0) is 6.24. The number of nitrogens with two attached hydrogens (primary N) is 1. The molecule has 0 fully saturated rings. The fourth-order valence-corrected chi connectivity index (χ4v) is 0.310. The molecule has 0 heterocycles. The molecular weight excluding hydrogens is 106 g/mol. The highest BCUT2D eigenvalue weighted by molar-refractivity contribution is 4.25. The van der Waals surface area contributed by atoms with Gasteiger partial charge in [-0.05, 0) is 6.42 Å². The van der Waals surface area contributed by atoms with Crippen LogP contribution in [0.5, 0.6) is 0 Å². The fourth-order valence-electron chi connectivity index (χ4n) is 0.310. The quantitative estimate of drug-likeness (QED) is 0.250. The van der Waals surface area contributed by atoms with Crippen molar-refractivity contribution in [3.63, 3.8) is 0 Å². The standard InChI is InChI=1S/C5H13NO2/c1-2-3-4-7-8-5-6/h2-6H2,1H3. The van der Waals surface area contributed by atoms with E-state index in [1.807, 2.05) is 0 Å². The maximum Gasteiger partial charge on any atom is 0.130 e. The third-order valence-corrected chi connectivity index (χ3v) is 0.733. The van der Waals surface area contributed by atoms with Gasteiger partial charge in [0.25, 0.3) is 0 Å². The first kappa shape index (κ1) is 7.88. The summed E-state index contributed by atoms with van der Waals surface area (Å²) in [6.45, 7) is 2.88. The van der Waals surface area contributed by atoms with E-state index in [1.54, 1.807) is 0 Å². The van der Waals surface area contributed by atoms with E-state index in [-0.39, 0.29) is 6.73 Å². The number of hydrogen-bond donors (Lipinski definition) is 1. The van der Waals surface area contributed by atoms with Crippen LogP contribution in [0.4, 0.5) is 0 Å². The van der Waals surface area contributed by atoms with E-state index in [2.05, 4.69) is 16.7 Å². The van der Waals surface area contributed by atoms with Crippen LogP contribution in [0, 0.1) is 0 Å². The van der Waals surface area contributed by atoms with Gasteiger partial charge in [0.2, 0.25) is 0 Å². The average molecular weight is 119 g/mol. The molecule has 2 N–H and O–H groups in total. The van der Waals surface area contributed by atoms with Crippen molar-refractivity contribution in [1.29, 1.82) is 0 Å². The molecular formula is C5H13NO2. The highest BCUT2D eigenvalue weighted by Crippen LogP contribution is 1.86. The number of rotatable bonds is 5. The lowest BCUT2D eigenvalue weighted by Crippen LogP contribution is -2.05. The molecule has 0 aliphatic carbocycles. The summed E-state index contributed by atoms with van der Waals surface area (Å²) in [4.78, 5) is 9.01. The third-order valence-electron chi connectivity index (χ3n) is 0.733. The molecule has 0 aliphatic heterocycles. The van der Waals surface area contributed by atoms with Crippen molar-refractivity contribution >= 4 is 0 Å². The predicted octanol–water partition coefficient (Wildman–Crippen LogP) is 0.651. The van der Waals surface area contributed by atoms with Gasteiger partial charge in [0.15, 0.2) is 0 Å². The van der Waals surface area contributed by atoms with E-state index in [1.165, 1.54) is 0 Å². The van der Waals surface area contributed by atoms with Crippen molar-refractivity contribution in [3.8, 4) is 0 Å². The van der Waals surface area contributed by atoms with Crippen LogP contribution in [0.3, 0.4) is 0 Å². The summed E-state index contributed by atoms with van der Waals surface area (Å²) in [7, 11) is 0. The topological polar surface area (TPSA) is 44.5 Å². The number of unbranched alkanes of at least 4 members (excludes halogenated alkanes) is 1. The maximum atomic E-state index is 4.96. The highest BCUT2D eigenvalue weighted by Gasteiger charge is 1.82. The first-order chi connectivity index (χ1) is 3.91. The van der Waals surface area contributed by atoms with Crippen LogP contribution < -0.4 is 5.73 Å². The molecule has 0 aromatic carbocycles. The van der Waals surface area contributed by atoms with Gasteiger partial charge in [-0.15, -0.1) is 0 Å². The highest BCUT2D eigenvalue weighted by atomic mass is 17.2. The van der Waals surface area contributed by atoms with Crippen LogP contribution in [-0.2, 0) is 9.78 Å². The Morgan fingerprint density at radius 1 is 1.38 bits per heavy atom. The Morgan fingerprint density at radius 3 is 2.62 bits per heavy atom. The Morgan fingerprint density at radius 2 is 2.12 bits per heavy atom. The Kier molecular flexibility index (Phi) is 6.78. The van der Waals surface area contributed by atoms with Crippen LogP contribution in [0.15, 0.2) is 0 Å². The first-order valence-corrected chi connectivity index (χ1v) is 2.86. The van der Waals surface area contributed by atoms with Gasteiger partial charge in [0.05, 0.1) is 6.61 Å². The molecule has 0 bridgehead atoms. The summed E-state index contributed by atoms with van der Waals surface area (Å²) in [5.74, 6) is 0. The second-order valence-electron chi connectivity index (χ2n) is 1.46. The van der Waals surface area contributed by atoms with Crippen molar-refractivity contribution < 1.29 is 9.78 Å². The molecule has 3 nitrogen and oxygen atoms in total. The van der Waals surface area contributed by atoms with Crippen LogP contribution in [0.25, 0.3) is 0 Å². The molecule has 0 aliphatic rings. The van der Waals surface area contributed by atoms with Crippen molar-refractivity contribution in [3.05, 3.63) is 0 Å². The molecule has 0 saturated heterocycles. The monoisotopic (exact) mass is 119 g/mol. The second-order valence-corrected chi connectivity index (χ2v) is 1.46. The van der Waals surface area contributed by atoms with Crippen molar-refractivity contribution in [2.24, 2.45) is 5.73 Å². The molecule has 0 unspecified atom stereocenters. The second kappa shape index (κ2) is 6.88. The van der Waals surface area contributed by atoms with Crippen LogP contribution in [-0.4, -0.2) is 13.3 Å². The normalized spacial score (nSPS) is 9.75. The van der Waals surface area contributed by atoms with Gasteiger partial charge < -0.3 is 5.73 Å². The predicted molar refractivity (Wildman–Crippen MR) is 31.0 cm³/mol. The van der Waals surface area contributed by atoms with Crippen LogP contribution >= 0.6 is 0 Å². The molecule has 0 spiro atoms. The molecule has 50 valence electrons. The van der Waals surface area contributed by atoms with Crippen LogP contribution in [0.1, 0.15) is 19.8 Å². The van der Waals surface area contributed by atoms with E-state index in [0.717, 1.165) is 12.8 Å². The average Bonchev–Trinajstić information content (AvgIpc) is 1.81. The zero-order valence-electron chi connectivity index (χ0n) is 5.22. The van der Waals surface area contributed by atoms with Crippen molar-refractivity contribution in [2.75, 3.05) is 13.3 Å². The summed E-state index contributed by atoms with van der Waals surface area (Å²) in [6, 6.07) is 0. The van der Waals surface area contributed by atoms with Gasteiger partial charge in [0.1, 0.15) is 6.73 Å². The van der Waals surface area contributed by atoms with Crippen molar-refractivity contribution in [2.45, 2.75) is 19.8 Å². The largest absolute Gasteiger partial charge is 0.306 e. The summed E-state index contributed by atoms with van der Waals surface area (Å²) in [6.07, 6.45) is 2.15. The summed E-state index contributed by atoms with van der Waals surface area (Å²) >= 11 is 0. The molecule has 0 aromatic heterocycles. The summed E-state index contributed by atoms with van der Waals surface area (Å²) in [5.41, 5.74) is 4.96. The fraction of sp³-hybridized carbons (Fsp3) is 1.00. The van der Waals surface area contributed by atoms with Gasteiger partial charge in [-0.3, -0.25) is 0 Å². The SMILES string of the molecule is CCCCOOCN. The molecule has 0 amide bonds. The lowest BCUT2D eigenvalue weighted by Gasteiger charge is -1.97. The maximum absolute atomic E-state index is 4.96. The minimum atomic E-state index is 0.143. The van der Waals surface area contributed by atoms with E-state index >= 15 is 0 Å². The summed E-state index contributed by atoms with van der Waals surface area (Å²) < 4.78 is 0.